The molecule has 0 aliphatic heterocycles. The van der Waals surface area contributed by atoms with Crippen LogP contribution in [0.1, 0.15) is 17.2 Å². The van der Waals surface area contributed by atoms with Crippen LogP contribution in [-0.2, 0) is 6.42 Å². The molecule has 90 valence electrons. The van der Waals surface area contributed by atoms with E-state index in [-0.39, 0.29) is 12.0 Å². The van der Waals surface area contributed by atoms with Gasteiger partial charge in [0.25, 0.3) is 0 Å². The third-order valence-corrected chi connectivity index (χ3v) is 3.13. The molecule has 1 aromatic heterocycles. The number of hydrogen-bond acceptors (Lipinski definition) is 2. The van der Waals surface area contributed by atoms with Gasteiger partial charge in [0.2, 0.25) is 0 Å². The Bertz CT molecular complexity index is 487. The fourth-order valence-electron chi connectivity index (χ4n) is 1.52. The van der Waals surface area contributed by atoms with E-state index in [0.717, 1.165) is 17.7 Å². The van der Waals surface area contributed by atoms with Crippen LogP contribution in [0.2, 0.25) is 0 Å². The Morgan fingerprint density at radius 2 is 1.82 bits per heavy atom. The summed E-state index contributed by atoms with van der Waals surface area (Å²) in [6, 6.07) is 3.44. The van der Waals surface area contributed by atoms with Gasteiger partial charge in [-0.25, -0.2) is 13.2 Å². The first-order valence-electron chi connectivity index (χ1n) is 4.91. The molecule has 0 aliphatic carbocycles. The highest BCUT2D eigenvalue weighted by Crippen LogP contribution is 2.23. The van der Waals surface area contributed by atoms with Crippen molar-refractivity contribution in [2.75, 3.05) is 0 Å². The summed E-state index contributed by atoms with van der Waals surface area (Å²) in [4.78, 5) is 0. The van der Waals surface area contributed by atoms with Gasteiger partial charge in [-0.3, -0.25) is 0 Å². The van der Waals surface area contributed by atoms with Gasteiger partial charge in [-0.15, -0.1) is 0 Å². The molecular weight excluding hydrogens is 249 g/mol. The average molecular weight is 258 g/mol. The molecule has 0 fully saturated rings. The van der Waals surface area contributed by atoms with Gasteiger partial charge in [0.15, 0.2) is 17.5 Å². The molecule has 0 aliphatic rings. The van der Waals surface area contributed by atoms with Crippen molar-refractivity contribution in [1.82, 2.24) is 0 Å². The second-order valence-corrected chi connectivity index (χ2v) is 4.43. The zero-order chi connectivity index (χ0) is 12.4. The normalized spacial score (nSPS) is 12.7. The highest BCUT2D eigenvalue weighted by atomic mass is 32.1. The van der Waals surface area contributed by atoms with Crippen molar-refractivity contribution < 1.29 is 18.3 Å². The summed E-state index contributed by atoms with van der Waals surface area (Å²) in [6.07, 6.45) is -0.803. The molecule has 2 rings (SSSR count). The molecular formula is C12H9F3OS. The maximum atomic E-state index is 13.0. The third kappa shape index (κ3) is 2.68. The number of rotatable bonds is 3. The smallest absolute Gasteiger partial charge is 0.194 e. The zero-order valence-electron chi connectivity index (χ0n) is 8.66. The first-order valence-corrected chi connectivity index (χ1v) is 5.86. The lowest BCUT2D eigenvalue weighted by molar-refractivity contribution is 0.177. The van der Waals surface area contributed by atoms with Gasteiger partial charge < -0.3 is 5.11 Å². The first-order chi connectivity index (χ1) is 8.08. The van der Waals surface area contributed by atoms with Gasteiger partial charge in [-0.05, 0) is 40.1 Å². The summed E-state index contributed by atoms with van der Waals surface area (Å²) in [5.74, 6) is -4.09. The standard InChI is InChI=1S/C12H9F3OS/c13-9-4-8(5-10(14)12(9)15)11(16)3-7-1-2-17-6-7/h1-2,4-6,11,16H,3H2. The summed E-state index contributed by atoms with van der Waals surface area (Å²) >= 11 is 1.47. The van der Waals surface area contributed by atoms with E-state index in [1.165, 1.54) is 11.3 Å². The van der Waals surface area contributed by atoms with Crippen molar-refractivity contribution in [3.63, 3.8) is 0 Å². The van der Waals surface area contributed by atoms with Crippen molar-refractivity contribution in [2.24, 2.45) is 0 Å². The van der Waals surface area contributed by atoms with Gasteiger partial charge in [0.05, 0.1) is 6.10 Å². The van der Waals surface area contributed by atoms with Crippen LogP contribution in [-0.4, -0.2) is 5.11 Å². The minimum absolute atomic E-state index is 0.0348. The largest absolute Gasteiger partial charge is 0.388 e. The van der Waals surface area contributed by atoms with Gasteiger partial charge in [-0.1, -0.05) is 0 Å². The minimum Gasteiger partial charge on any atom is -0.388 e. The second-order valence-electron chi connectivity index (χ2n) is 3.65. The number of hydrogen-bond donors (Lipinski definition) is 1. The summed E-state index contributed by atoms with van der Waals surface area (Å²) in [6.45, 7) is 0. The summed E-state index contributed by atoms with van der Waals surface area (Å²) in [5, 5.41) is 13.5. The lowest BCUT2D eigenvalue weighted by Crippen LogP contribution is -2.04. The molecule has 0 saturated heterocycles. The quantitative estimate of drug-likeness (QED) is 0.836. The Labute approximate surface area is 100 Å². The molecule has 2 aromatic rings. The van der Waals surface area contributed by atoms with Crippen molar-refractivity contribution in [1.29, 1.82) is 0 Å². The predicted octanol–water partition coefficient (Wildman–Crippen LogP) is 3.44. The number of aliphatic hydroxyl groups is 1. The third-order valence-electron chi connectivity index (χ3n) is 2.40. The molecule has 0 amide bonds. The number of halogens is 3. The van der Waals surface area contributed by atoms with E-state index in [4.69, 9.17) is 0 Å². The lowest BCUT2D eigenvalue weighted by Gasteiger charge is -2.10. The first kappa shape index (κ1) is 12.1. The summed E-state index contributed by atoms with van der Waals surface area (Å²) < 4.78 is 38.6. The van der Waals surface area contributed by atoms with E-state index in [1.807, 2.05) is 16.8 Å². The van der Waals surface area contributed by atoms with Crippen LogP contribution in [0.3, 0.4) is 0 Å². The monoisotopic (exact) mass is 258 g/mol. The van der Waals surface area contributed by atoms with Gasteiger partial charge in [0.1, 0.15) is 0 Å². The minimum atomic E-state index is -1.52. The molecule has 0 spiro atoms. The van der Waals surface area contributed by atoms with Crippen LogP contribution < -0.4 is 0 Å². The van der Waals surface area contributed by atoms with Crippen LogP contribution in [0, 0.1) is 17.5 Å². The molecule has 17 heavy (non-hydrogen) atoms. The molecule has 1 N–H and O–H groups in total. The second kappa shape index (κ2) is 4.89. The molecule has 0 saturated carbocycles. The number of benzene rings is 1. The SMILES string of the molecule is OC(Cc1ccsc1)c1cc(F)c(F)c(F)c1. The van der Waals surface area contributed by atoms with Crippen LogP contribution >= 0.6 is 11.3 Å². The van der Waals surface area contributed by atoms with Crippen molar-refractivity contribution >= 4 is 11.3 Å². The van der Waals surface area contributed by atoms with Crippen LogP contribution in [0.25, 0.3) is 0 Å². The van der Waals surface area contributed by atoms with Gasteiger partial charge in [0, 0.05) is 6.42 Å². The van der Waals surface area contributed by atoms with E-state index in [2.05, 4.69) is 0 Å². The van der Waals surface area contributed by atoms with Crippen LogP contribution in [0.15, 0.2) is 29.0 Å². The number of aliphatic hydroxyl groups excluding tert-OH is 1. The van der Waals surface area contributed by atoms with E-state index in [0.29, 0.717) is 0 Å². The van der Waals surface area contributed by atoms with Crippen molar-refractivity contribution in [3.05, 3.63) is 57.5 Å². The zero-order valence-corrected chi connectivity index (χ0v) is 9.48. The average Bonchev–Trinajstić information content (AvgIpc) is 2.77. The van der Waals surface area contributed by atoms with E-state index in [9.17, 15) is 18.3 Å². The fraction of sp³-hybridized carbons (Fsp3) is 0.167. The highest BCUT2D eigenvalue weighted by Gasteiger charge is 2.16. The topological polar surface area (TPSA) is 20.2 Å². The Kier molecular flexibility index (Phi) is 3.49. The summed E-state index contributed by atoms with van der Waals surface area (Å²) in [7, 11) is 0. The van der Waals surface area contributed by atoms with E-state index >= 15 is 0 Å². The Morgan fingerprint density at radius 3 is 2.35 bits per heavy atom. The molecule has 1 aromatic carbocycles. The lowest BCUT2D eigenvalue weighted by atomic mass is 10.0. The van der Waals surface area contributed by atoms with Gasteiger partial charge in [-0.2, -0.15) is 11.3 Å². The van der Waals surface area contributed by atoms with Gasteiger partial charge >= 0.3 is 0 Å². The molecule has 1 nitrogen and oxygen atoms in total. The fourth-order valence-corrected chi connectivity index (χ4v) is 2.20. The maximum absolute atomic E-state index is 13.0. The highest BCUT2D eigenvalue weighted by molar-refractivity contribution is 7.07. The van der Waals surface area contributed by atoms with Crippen molar-refractivity contribution in [2.45, 2.75) is 12.5 Å². The van der Waals surface area contributed by atoms with Crippen LogP contribution in [0.4, 0.5) is 13.2 Å². The molecule has 1 unspecified atom stereocenters. The Morgan fingerprint density at radius 1 is 1.18 bits per heavy atom. The van der Waals surface area contributed by atoms with E-state index < -0.39 is 23.6 Å². The molecule has 5 heteroatoms. The maximum Gasteiger partial charge on any atom is 0.194 e. The van der Waals surface area contributed by atoms with Crippen molar-refractivity contribution in [3.8, 4) is 0 Å². The number of thiophene rings is 1. The van der Waals surface area contributed by atoms with Crippen LogP contribution in [0.5, 0.6) is 0 Å². The molecule has 1 heterocycles. The predicted molar refractivity (Wildman–Crippen MR) is 59.3 cm³/mol. The Hall–Kier alpha value is -1.33. The molecule has 0 bridgehead atoms. The summed E-state index contributed by atoms with van der Waals surface area (Å²) in [5.41, 5.74) is 0.903. The Balaban J connectivity index is 2.22. The molecule has 1 atom stereocenters. The van der Waals surface area contributed by atoms with E-state index in [1.54, 1.807) is 0 Å². The molecule has 0 radical (unpaired) electrons.